The fraction of sp³-hybridized carbons (Fsp3) is 0.778. The maximum absolute atomic E-state index is 11.2. The van der Waals surface area contributed by atoms with E-state index < -0.39 is 42.1 Å². The average Bonchev–Trinajstić information content (AvgIpc) is 2.23. The van der Waals surface area contributed by atoms with E-state index in [-0.39, 0.29) is 0 Å². The van der Waals surface area contributed by atoms with E-state index in [0.29, 0.717) is 0 Å². The Morgan fingerprint density at radius 2 is 1.25 bits per heavy atom. The third-order valence-corrected chi connectivity index (χ3v) is 2.11. The topological polar surface area (TPSA) is 135 Å². The molecule has 0 radical (unpaired) electrons. The summed E-state index contributed by atoms with van der Waals surface area (Å²) in [4.78, 5) is 21.5. The predicted octanol–water partition coefficient (Wildman–Crippen LogP) is -2.26. The molecule has 16 heavy (non-hydrogen) atoms. The maximum Gasteiger partial charge on any atom is 0.335 e. The van der Waals surface area contributed by atoms with Gasteiger partial charge in [-0.15, -0.1) is 0 Å². The number of hydrogen-bond acceptors (Lipinski definition) is 6. The van der Waals surface area contributed by atoms with E-state index in [2.05, 4.69) is 0 Å². The van der Waals surface area contributed by atoms with Gasteiger partial charge in [-0.25, -0.2) is 4.79 Å². The second-order valence-electron chi connectivity index (χ2n) is 3.77. The highest BCUT2D eigenvalue weighted by atomic mass is 16.4. The van der Waals surface area contributed by atoms with E-state index in [1.165, 1.54) is 13.8 Å². The number of hydrogen-bond donors (Lipinski definition) is 5. The molecular formula is C9H16O7. The molecule has 0 aromatic rings. The molecule has 0 heterocycles. The highest BCUT2D eigenvalue weighted by molar-refractivity contribution is 5.85. The number of carbonyl (C=O) groups is 2. The summed E-state index contributed by atoms with van der Waals surface area (Å²) < 4.78 is 0. The van der Waals surface area contributed by atoms with Gasteiger partial charge in [0.25, 0.3) is 0 Å². The molecule has 0 fully saturated rings. The summed E-state index contributed by atoms with van der Waals surface area (Å²) in [5, 5.41) is 45.0. The van der Waals surface area contributed by atoms with E-state index in [4.69, 9.17) is 15.3 Å². The zero-order valence-electron chi connectivity index (χ0n) is 8.94. The first-order valence-corrected chi connectivity index (χ1v) is 4.69. The minimum atomic E-state index is -2.26. The van der Waals surface area contributed by atoms with Crippen LogP contribution in [0.1, 0.15) is 13.8 Å². The van der Waals surface area contributed by atoms with Crippen molar-refractivity contribution in [2.24, 2.45) is 5.92 Å². The molecule has 0 rings (SSSR count). The lowest BCUT2D eigenvalue weighted by atomic mass is 9.95. The van der Waals surface area contributed by atoms with Crippen molar-refractivity contribution in [2.75, 3.05) is 0 Å². The summed E-state index contributed by atoms with van der Waals surface area (Å²) in [6, 6.07) is 0. The van der Waals surface area contributed by atoms with Crippen molar-refractivity contribution < 1.29 is 35.1 Å². The van der Waals surface area contributed by atoms with Gasteiger partial charge in [0.1, 0.15) is 18.3 Å². The Balaban J connectivity index is 4.60. The van der Waals surface area contributed by atoms with Crippen molar-refractivity contribution in [3.8, 4) is 0 Å². The maximum atomic E-state index is 11.2. The smallest absolute Gasteiger partial charge is 0.335 e. The van der Waals surface area contributed by atoms with Gasteiger partial charge >= 0.3 is 5.97 Å². The number of rotatable bonds is 6. The van der Waals surface area contributed by atoms with Gasteiger partial charge in [-0.1, -0.05) is 13.8 Å². The van der Waals surface area contributed by atoms with Gasteiger partial charge in [0.05, 0.1) is 0 Å². The van der Waals surface area contributed by atoms with Crippen molar-refractivity contribution in [3.05, 3.63) is 0 Å². The van der Waals surface area contributed by atoms with Gasteiger partial charge in [-0.3, -0.25) is 4.79 Å². The molecule has 4 atom stereocenters. The summed E-state index contributed by atoms with van der Waals surface area (Å²) in [6.07, 6.45) is -8.36. The molecule has 0 unspecified atom stereocenters. The van der Waals surface area contributed by atoms with Crippen LogP contribution >= 0.6 is 0 Å². The molecule has 0 amide bonds. The van der Waals surface area contributed by atoms with Crippen molar-refractivity contribution in [3.63, 3.8) is 0 Å². The first-order chi connectivity index (χ1) is 7.20. The van der Waals surface area contributed by atoms with Gasteiger partial charge in [-0.2, -0.15) is 0 Å². The van der Waals surface area contributed by atoms with E-state index in [1.807, 2.05) is 0 Å². The van der Waals surface area contributed by atoms with Crippen molar-refractivity contribution in [1.82, 2.24) is 0 Å². The van der Waals surface area contributed by atoms with Crippen LogP contribution in [0.3, 0.4) is 0 Å². The molecule has 0 saturated heterocycles. The number of aliphatic carboxylic acids is 1. The third kappa shape index (κ3) is 3.53. The first kappa shape index (κ1) is 15.0. The minimum absolute atomic E-state index is 0.584. The average molecular weight is 236 g/mol. The molecule has 0 aromatic heterocycles. The molecule has 0 aliphatic rings. The Labute approximate surface area is 92.0 Å². The molecule has 0 aliphatic heterocycles. The standard InChI is InChI=1S/C9H16O7/c1-3(2)4(10)5(11)6(12)7(13)8(14)9(15)16/h3,5-8,11-14H,1-2H3,(H,15,16)/t5-,6+,7-,8-/m0/s1. The number of ketones is 1. The van der Waals surface area contributed by atoms with Gasteiger partial charge in [0.2, 0.25) is 0 Å². The van der Waals surface area contributed by atoms with Crippen LogP contribution in [0.15, 0.2) is 0 Å². The van der Waals surface area contributed by atoms with Gasteiger partial charge in [-0.05, 0) is 0 Å². The van der Waals surface area contributed by atoms with Crippen molar-refractivity contribution >= 4 is 11.8 Å². The summed E-state index contributed by atoms with van der Waals surface area (Å²) >= 11 is 0. The van der Waals surface area contributed by atoms with Crippen LogP contribution in [-0.4, -0.2) is 61.7 Å². The Kier molecular flexibility index (Phi) is 5.52. The molecule has 5 N–H and O–H groups in total. The second kappa shape index (κ2) is 5.90. The lowest BCUT2D eigenvalue weighted by Gasteiger charge is -2.24. The summed E-state index contributed by atoms with van der Waals surface area (Å²) in [6.45, 7) is 2.94. The molecule has 0 aliphatic carbocycles. The molecular weight excluding hydrogens is 220 g/mol. The van der Waals surface area contributed by atoms with E-state index in [0.717, 1.165) is 0 Å². The summed E-state index contributed by atoms with van der Waals surface area (Å²) in [5.74, 6) is -3.08. The van der Waals surface area contributed by atoms with Crippen molar-refractivity contribution in [1.29, 1.82) is 0 Å². The molecule has 0 bridgehead atoms. The normalized spacial score (nSPS) is 18.9. The minimum Gasteiger partial charge on any atom is -0.479 e. The Morgan fingerprint density at radius 3 is 1.56 bits per heavy atom. The molecule has 7 heteroatoms. The van der Waals surface area contributed by atoms with Gasteiger partial charge in [0.15, 0.2) is 11.9 Å². The largest absolute Gasteiger partial charge is 0.479 e. The lowest BCUT2D eigenvalue weighted by molar-refractivity contribution is -0.166. The number of carbonyl (C=O) groups excluding carboxylic acids is 1. The fourth-order valence-electron chi connectivity index (χ4n) is 1.03. The Morgan fingerprint density at radius 1 is 0.875 bits per heavy atom. The van der Waals surface area contributed by atoms with Crippen LogP contribution in [-0.2, 0) is 9.59 Å². The number of aliphatic hydroxyl groups excluding tert-OH is 4. The van der Waals surface area contributed by atoms with Crippen LogP contribution in [0.2, 0.25) is 0 Å². The highest BCUT2D eigenvalue weighted by Crippen LogP contribution is 2.10. The van der Waals surface area contributed by atoms with E-state index >= 15 is 0 Å². The molecule has 7 nitrogen and oxygen atoms in total. The van der Waals surface area contributed by atoms with Gasteiger partial charge < -0.3 is 25.5 Å². The molecule has 0 spiro atoms. The third-order valence-electron chi connectivity index (χ3n) is 2.11. The number of carboxylic acids is 1. The van der Waals surface area contributed by atoms with E-state index in [9.17, 15) is 19.8 Å². The molecule has 0 saturated carbocycles. The summed E-state index contributed by atoms with van der Waals surface area (Å²) in [5.41, 5.74) is 0. The number of carboxylic acid groups (broad SMARTS) is 1. The first-order valence-electron chi connectivity index (χ1n) is 4.69. The molecule has 0 aromatic carbocycles. The molecule has 94 valence electrons. The Hall–Kier alpha value is -1.02. The van der Waals surface area contributed by atoms with Crippen LogP contribution in [0, 0.1) is 5.92 Å². The Bertz CT molecular complexity index is 263. The van der Waals surface area contributed by atoms with Crippen LogP contribution in [0.4, 0.5) is 0 Å². The SMILES string of the molecule is CC(C)C(=O)[C@H](O)[C@@H](O)[C@H](O)[C@H](O)C(=O)O. The zero-order valence-corrected chi connectivity index (χ0v) is 8.94. The summed E-state index contributed by atoms with van der Waals surface area (Å²) in [7, 11) is 0. The second-order valence-corrected chi connectivity index (χ2v) is 3.77. The lowest BCUT2D eigenvalue weighted by Crippen LogP contribution is -2.50. The highest BCUT2D eigenvalue weighted by Gasteiger charge is 2.37. The van der Waals surface area contributed by atoms with Crippen LogP contribution < -0.4 is 0 Å². The zero-order chi connectivity index (χ0) is 13.0. The predicted molar refractivity (Wildman–Crippen MR) is 51.5 cm³/mol. The van der Waals surface area contributed by atoms with Crippen LogP contribution in [0.5, 0.6) is 0 Å². The van der Waals surface area contributed by atoms with Crippen molar-refractivity contribution in [2.45, 2.75) is 38.3 Å². The fourth-order valence-corrected chi connectivity index (χ4v) is 1.03. The van der Waals surface area contributed by atoms with Crippen LogP contribution in [0.25, 0.3) is 0 Å². The number of Topliss-reactive ketones (excluding diaryl/α,β-unsaturated/α-hetero) is 1. The van der Waals surface area contributed by atoms with E-state index in [1.54, 1.807) is 0 Å². The monoisotopic (exact) mass is 236 g/mol. The van der Waals surface area contributed by atoms with Gasteiger partial charge in [0, 0.05) is 5.92 Å². The quantitative estimate of drug-likeness (QED) is 0.351. The number of aliphatic hydroxyl groups is 4.